The number of aromatic nitrogens is 2. The van der Waals surface area contributed by atoms with Crippen molar-refractivity contribution in [2.75, 3.05) is 26.2 Å². The third-order valence-corrected chi connectivity index (χ3v) is 2.86. The molecule has 7 nitrogen and oxygen atoms in total. The van der Waals surface area contributed by atoms with Crippen LogP contribution in [0.15, 0.2) is 15.8 Å². The molecule has 0 amide bonds. The molecule has 0 aliphatic heterocycles. The summed E-state index contributed by atoms with van der Waals surface area (Å²) in [6.07, 6.45) is -0.548. The van der Waals surface area contributed by atoms with Crippen LogP contribution in [0.25, 0.3) is 0 Å². The molecular weight excluding hydrogens is 295 g/mol. The molecule has 2 atom stereocenters. The minimum absolute atomic E-state index is 0.0504. The summed E-state index contributed by atoms with van der Waals surface area (Å²) < 4.78 is 24.3. The lowest BCUT2D eigenvalue weighted by molar-refractivity contribution is -0.0103. The minimum atomic E-state index is -1.08. The number of rotatable bonds is 8. The lowest BCUT2D eigenvalue weighted by Gasteiger charge is -2.18. The van der Waals surface area contributed by atoms with Crippen LogP contribution in [0.1, 0.15) is 12.6 Å². The Hall–Kier alpha value is -1.22. The Morgan fingerprint density at radius 2 is 2.25 bits per heavy atom. The van der Waals surface area contributed by atoms with Gasteiger partial charge in [-0.25, -0.2) is 4.79 Å². The molecule has 0 aromatic carbocycles. The summed E-state index contributed by atoms with van der Waals surface area (Å²) >= 11 is 5.39. The monoisotopic (exact) mass is 310 g/mol. The van der Waals surface area contributed by atoms with Crippen molar-refractivity contribution < 1.29 is 19.0 Å². The highest BCUT2D eigenvalue weighted by Crippen LogP contribution is 2.09. The van der Waals surface area contributed by atoms with Crippen LogP contribution in [0.3, 0.4) is 0 Å². The first-order valence-electron chi connectivity index (χ1n) is 5.85. The molecule has 0 saturated heterocycles. The molecule has 0 bridgehead atoms. The first kappa shape index (κ1) is 16.8. The largest absolute Gasteiger partial charge is 0.389 e. The highest BCUT2D eigenvalue weighted by molar-refractivity contribution is 6.18. The van der Waals surface area contributed by atoms with E-state index in [2.05, 4.69) is 0 Å². The van der Waals surface area contributed by atoms with Crippen LogP contribution in [-0.2, 0) is 9.47 Å². The molecule has 2 N–H and O–H groups in total. The highest BCUT2D eigenvalue weighted by Gasteiger charge is 2.14. The number of aromatic amines is 1. The summed E-state index contributed by atoms with van der Waals surface area (Å²) in [6.45, 7) is 0.217. The number of methoxy groups -OCH3 is 1. The Bertz CT molecular complexity index is 532. The summed E-state index contributed by atoms with van der Waals surface area (Å²) in [7, 11) is 1.34. The Balaban J connectivity index is 2.65. The van der Waals surface area contributed by atoms with Gasteiger partial charge in [0.25, 0.3) is 5.56 Å². The van der Waals surface area contributed by atoms with Gasteiger partial charge in [-0.15, -0.1) is 11.6 Å². The average molecular weight is 311 g/mol. The topological polar surface area (TPSA) is 93.5 Å². The maximum absolute atomic E-state index is 13.2. The maximum Gasteiger partial charge on any atom is 0.330 e. The van der Waals surface area contributed by atoms with Crippen LogP contribution in [0.2, 0.25) is 0 Å². The zero-order valence-corrected chi connectivity index (χ0v) is 11.6. The van der Waals surface area contributed by atoms with Crippen LogP contribution in [0, 0.1) is 5.82 Å². The summed E-state index contributed by atoms with van der Waals surface area (Å²) in [4.78, 5) is 24.3. The molecule has 0 spiro atoms. The van der Waals surface area contributed by atoms with Gasteiger partial charge in [0.05, 0.1) is 31.4 Å². The van der Waals surface area contributed by atoms with Gasteiger partial charge in [0.1, 0.15) is 6.23 Å². The van der Waals surface area contributed by atoms with Gasteiger partial charge < -0.3 is 14.6 Å². The van der Waals surface area contributed by atoms with Crippen molar-refractivity contribution in [2.45, 2.75) is 18.8 Å². The summed E-state index contributed by atoms with van der Waals surface area (Å²) in [6, 6.07) is 0. The molecule has 9 heteroatoms. The SMILES string of the molecule is CO[C@@H](CCOCC(O)CCl)n1cc(F)c(=O)[nH]c1=O. The van der Waals surface area contributed by atoms with Crippen molar-refractivity contribution in [2.24, 2.45) is 0 Å². The molecule has 0 radical (unpaired) electrons. The maximum atomic E-state index is 13.2. The van der Waals surface area contributed by atoms with Gasteiger partial charge >= 0.3 is 5.69 Å². The van der Waals surface area contributed by atoms with E-state index in [4.69, 9.17) is 21.1 Å². The molecule has 1 aromatic rings. The van der Waals surface area contributed by atoms with Crippen molar-refractivity contribution >= 4 is 11.6 Å². The molecule has 0 fully saturated rings. The molecule has 1 aromatic heterocycles. The van der Waals surface area contributed by atoms with E-state index in [1.807, 2.05) is 4.98 Å². The first-order chi connectivity index (χ1) is 9.49. The molecule has 1 rings (SSSR count). The average Bonchev–Trinajstić information content (AvgIpc) is 2.43. The second-order valence-corrected chi connectivity index (χ2v) is 4.31. The fourth-order valence-electron chi connectivity index (χ4n) is 1.49. The number of hydrogen-bond donors (Lipinski definition) is 2. The van der Waals surface area contributed by atoms with Crippen molar-refractivity contribution in [3.05, 3.63) is 32.9 Å². The van der Waals surface area contributed by atoms with E-state index in [1.54, 1.807) is 0 Å². The van der Waals surface area contributed by atoms with Crippen molar-refractivity contribution in [1.82, 2.24) is 9.55 Å². The minimum Gasteiger partial charge on any atom is -0.389 e. The molecule has 0 aliphatic rings. The fraction of sp³-hybridized carbons (Fsp3) is 0.636. The van der Waals surface area contributed by atoms with E-state index in [-0.39, 0.29) is 25.5 Å². The molecule has 0 aliphatic carbocycles. The number of nitrogens with one attached hydrogen (secondary N) is 1. The van der Waals surface area contributed by atoms with E-state index in [0.29, 0.717) is 0 Å². The first-order valence-corrected chi connectivity index (χ1v) is 6.38. The zero-order chi connectivity index (χ0) is 15.1. The summed E-state index contributed by atoms with van der Waals surface area (Å²) in [5.41, 5.74) is -1.85. The van der Waals surface area contributed by atoms with E-state index in [9.17, 15) is 19.1 Å². The van der Waals surface area contributed by atoms with E-state index < -0.39 is 29.4 Å². The van der Waals surface area contributed by atoms with Gasteiger partial charge in [-0.1, -0.05) is 0 Å². The standard InChI is InChI=1S/C11H16ClFN2O5/c1-19-9(2-3-20-6-7(16)4-12)15-5-8(13)10(17)14-11(15)18/h5,7,9,16H,2-4,6H2,1H3,(H,14,17,18)/t7?,9-/m0/s1. The summed E-state index contributed by atoms with van der Waals surface area (Å²) in [5.74, 6) is -1.02. The van der Waals surface area contributed by atoms with E-state index in [0.717, 1.165) is 10.8 Å². The van der Waals surface area contributed by atoms with Crippen molar-refractivity contribution in [3.8, 4) is 0 Å². The molecule has 1 heterocycles. The number of nitrogens with zero attached hydrogens (tertiary/aromatic N) is 1. The Morgan fingerprint density at radius 3 is 2.85 bits per heavy atom. The quantitative estimate of drug-likeness (QED) is 0.513. The third kappa shape index (κ3) is 4.71. The van der Waals surface area contributed by atoms with Crippen LogP contribution >= 0.6 is 11.6 Å². The number of alkyl halides is 1. The van der Waals surface area contributed by atoms with Gasteiger partial charge in [-0.05, 0) is 0 Å². The predicted octanol–water partition coefficient (Wildman–Crippen LogP) is -0.173. The van der Waals surface area contributed by atoms with Crippen LogP contribution in [0.4, 0.5) is 4.39 Å². The van der Waals surface area contributed by atoms with Crippen LogP contribution in [-0.4, -0.2) is 47.0 Å². The normalized spacial score (nSPS) is 14.2. The molecule has 0 saturated carbocycles. The lowest BCUT2D eigenvalue weighted by Crippen LogP contribution is -2.34. The van der Waals surface area contributed by atoms with Gasteiger partial charge in [-0.3, -0.25) is 14.3 Å². The Kier molecular flexibility index (Phi) is 6.86. The lowest BCUT2D eigenvalue weighted by atomic mass is 10.3. The number of ether oxygens (including phenoxy) is 2. The molecular formula is C11H16ClFN2O5. The van der Waals surface area contributed by atoms with Crippen molar-refractivity contribution in [1.29, 1.82) is 0 Å². The number of halogens is 2. The van der Waals surface area contributed by atoms with Crippen LogP contribution in [0.5, 0.6) is 0 Å². The second-order valence-electron chi connectivity index (χ2n) is 4.01. The molecule has 114 valence electrons. The number of hydrogen-bond acceptors (Lipinski definition) is 5. The van der Waals surface area contributed by atoms with E-state index >= 15 is 0 Å². The number of H-pyrrole nitrogens is 1. The Morgan fingerprint density at radius 1 is 1.55 bits per heavy atom. The Labute approximate surface area is 118 Å². The van der Waals surface area contributed by atoms with Gasteiger partial charge in [0.15, 0.2) is 0 Å². The second kappa shape index (κ2) is 8.15. The van der Waals surface area contributed by atoms with Crippen LogP contribution < -0.4 is 11.2 Å². The third-order valence-electron chi connectivity index (χ3n) is 2.50. The zero-order valence-electron chi connectivity index (χ0n) is 10.8. The fourth-order valence-corrected chi connectivity index (χ4v) is 1.58. The predicted molar refractivity (Wildman–Crippen MR) is 69.5 cm³/mol. The van der Waals surface area contributed by atoms with Gasteiger partial charge in [0, 0.05) is 13.5 Å². The number of aliphatic hydroxyl groups is 1. The van der Waals surface area contributed by atoms with E-state index in [1.165, 1.54) is 7.11 Å². The summed E-state index contributed by atoms with van der Waals surface area (Å²) in [5, 5.41) is 9.18. The van der Waals surface area contributed by atoms with Gasteiger partial charge in [0.2, 0.25) is 5.82 Å². The van der Waals surface area contributed by atoms with Crippen molar-refractivity contribution in [3.63, 3.8) is 0 Å². The smallest absolute Gasteiger partial charge is 0.330 e. The number of aliphatic hydroxyl groups excluding tert-OH is 1. The molecule has 1 unspecified atom stereocenters. The molecule has 20 heavy (non-hydrogen) atoms. The van der Waals surface area contributed by atoms with Gasteiger partial charge in [-0.2, -0.15) is 4.39 Å². The highest BCUT2D eigenvalue weighted by atomic mass is 35.5.